The number of aryl methyl sites for hydroxylation is 1. The van der Waals surface area contributed by atoms with Gasteiger partial charge < -0.3 is 10.3 Å². The van der Waals surface area contributed by atoms with Crippen LogP contribution in [0.25, 0.3) is 0 Å². The van der Waals surface area contributed by atoms with Crippen LogP contribution < -0.4 is 5.73 Å². The number of nitrogens with zero attached hydrogens (tertiary/aromatic N) is 1. The summed E-state index contributed by atoms with van der Waals surface area (Å²) in [6.07, 6.45) is 1.82. The van der Waals surface area contributed by atoms with Gasteiger partial charge in [0.2, 0.25) is 0 Å². The molecule has 1 heterocycles. The lowest BCUT2D eigenvalue weighted by Gasteiger charge is -1.90. The van der Waals surface area contributed by atoms with E-state index in [0.29, 0.717) is 10.8 Å². The summed E-state index contributed by atoms with van der Waals surface area (Å²) in [5, 5.41) is 0.602. The van der Waals surface area contributed by atoms with E-state index in [-0.39, 0.29) is 0 Å². The number of nitrogen functional groups attached to an aromatic ring is 1. The van der Waals surface area contributed by atoms with E-state index in [2.05, 4.69) is 0 Å². The normalized spacial score (nSPS) is 9.75. The SMILES string of the molecule is Cn1ccc(N)c1Cl. The maximum absolute atomic E-state index is 5.63. The Kier molecular flexibility index (Phi) is 1.18. The third-order valence-corrected chi connectivity index (χ3v) is 1.51. The molecule has 0 saturated carbocycles. The van der Waals surface area contributed by atoms with Crippen molar-refractivity contribution in [3.05, 3.63) is 17.4 Å². The van der Waals surface area contributed by atoms with E-state index in [9.17, 15) is 0 Å². The van der Waals surface area contributed by atoms with Crippen LogP contribution >= 0.6 is 11.6 Å². The molecule has 0 saturated heterocycles. The monoisotopic (exact) mass is 130 g/mol. The van der Waals surface area contributed by atoms with Crippen molar-refractivity contribution in [1.82, 2.24) is 4.57 Å². The molecule has 0 aromatic carbocycles. The summed E-state index contributed by atoms with van der Waals surface area (Å²) in [7, 11) is 1.85. The molecule has 0 fully saturated rings. The Balaban J connectivity index is 3.19. The summed E-state index contributed by atoms with van der Waals surface area (Å²) < 4.78 is 1.76. The molecule has 8 heavy (non-hydrogen) atoms. The van der Waals surface area contributed by atoms with Crippen LogP contribution in [0.2, 0.25) is 5.15 Å². The van der Waals surface area contributed by atoms with Gasteiger partial charge in [0.15, 0.2) is 0 Å². The molecule has 1 rings (SSSR count). The second-order valence-corrected chi connectivity index (χ2v) is 2.03. The van der Waals surface area contributed by atoms with Crippen LogP contribution in [0.1, 0.15) is 0 Å². The van der Waals surface area contributed by atoms with Gasteiger partial charge in [0.25, 0.3) is 0 Å². The number of aromatic nitrogens is 1. The maximum atomic E-state index is 5.63. The second kappa shape index (κ2) is 1.71. The van der Waals surface area contributed by atoms with Gasteiger partial charge in [-0.05, 0) is 6.07 Å². The van der Waals surface area contributed by atoms with E-state index in [1.807, 2.05) is 13.2 Å². The van der Waals surface area contributed by atoms with Crippen LogP contribution in [-0.4, -0.2) is 4.57 Å². The molecule has 3 heteroatoms. The number of halogens is 1. The Morgan fingerprint density at radius 2 is 2.38 bits per heavy atom. The molecule has 2 nitrogen and oxygen atoms in total. The average molecular weight is 131 g/mol. The predicted octanol–water partition coefficient (Wildman–Crippen LogP) is 1.26. The topological polar surface area (TPSA) is 30.9 Å². The van der Waals surface area contributed by atoms with E-state index < -0.39 is 0 Å². The summed E-state index contributed by atoms with van der Waals surface area (Å²) in [5.74, 6) is 0. The smallest absolute Gasteiger partial charge is 0.131 e. The molecular formula is C5H7ClN2. The lowest BCUT2D eigenvalue weighted by Crippen LogP contribution is -1.86. The van der Waals surface area contributed by atoms with Crippen molar-refractivity contribution in [2.75, 3.05) is 5.73 Å². The molecule has 44 valence electrons. The Labute approximate surface area is 52.9 Å². The van der Waals surface area contributed by atoms with Crippen LogP contribution in [0, 0.1) is 0 Å². The highest BCUT2D eigenvalue weighted by molar-refractivity contribution is 6.32. The van der Waals surface area contributed by atoms with Crippen molar-refractivity contribution in [3.8, 4) is 0 Å². The molecule has 0 unspecified atom stereocenters. The highest BCUT2D eigenvalue weighted by Gasteiger charge is 1.95. The molecule has 1 aromatic rings. The van der Waals surface area contributed by atoms with Crippen molar-refractivity contribution in [2.24, 2.45) is 7.05 Å². The van der Waals surface area contributed by atoms with Gasteiger partial charge >= 0.3 is 0 Å². The molecule has 0 aliphatic rings. The molecule has 2 N–H and O–H groups in total. The molecular weight excluding hydrogens is 124 g/mol. The second-order valence-electron chi connectivity index (χ2n) is 1.67. The fourth-order valence-corrected chi connectivity index (χ4v) is 0.649. The molecule has 0 amide bonds. The largest absolute Gasteiger partial charge is 0.396 e. The van der Waals surface area contributed by atoms with E-state index in [1.165, 1.54) is 0 Å². The van der Waals surface area contributed by atoms with E-state index >= 15 is 0 Å². The van der Waals surface area contributed by atoms with E-state index in [1.54, 1.807) is 10.6 Å². The van der Waals surface area contributed by atoms with Gasteiger partial charge in [0, 0.05) is 13.2 Å². The maximum Gasteiger partial charge on any atom is 0.131 e. The van der Waals surface area contributed by atoms with E-state index in [4.69, 9.17) is 17.3 Å². The first kappa shape index (κ1) is 5.51. The van der Waals surface area contributed by atoms with Gasteiger partial charge in [-0.3, -0.25) is 0 Å². The van der Waals surface area contributed by atoms with Crippen molar-refractivity contribution in [2.45, 2.75) is 0 Å². The van der Waals surface area contributed by atoms with Crippen LogP contribution in [0.3, 0.4) is 0 Å². The summed E-state index contributed by atoms with van der Waals surface area (Å²) in [4.78, 5) is 0. The fourth-order valence-electron chi connectivity index (χ4n) is 0.530. The molecule has 0 spiro atoms. The summed E-state index contributed by atoms with van der Waals surface area (Å²) in [6.45, 7) is 0. The lowest BCUT2D eigenvalue weighted by atomic mass is 10.6. The highest BCUT2D eigenvalue weighted by atomic mass is 35.5. The molecule has 1 aromatic heterocycles. The Morgan fingerprint density at radius 3 is 2.50 bits per heavy atom. The third kappa shape index (κ3) is 0.670. The number of rotatable bonds is 0. The minimum atomic E-state index is 0.602. The van der Waals surface area contributed by atoms with Gasteiger partial charge in [-0.1, -0.05) is 11.6 Å². The van der Waals surface area contributed by atoms with Gasteiger partial charge in [-0.2, -0.15) is 0 Å². The van der Waals surface area contributed by atoms with Gasteiger partial charge in [-0.15, -0.1) is 0 Å². The zero-order valence-electron chi connectivity index (χ0n) is 4.56. The zero-order valence-corrected chi connectivity index (χ0v) is 5.31. The van der Waals surface area contributed by atoms with Crippen molar-refractivity contribution in [1.29, 1.82) is 0 Å². The quantitative estimate of drug-likeness (QED) is 0.563. The van der Waals surface area contributed by atoms with Crippen molar-refractivity contribution < 1.29 is 0 Å². The number of hydrogen-bond donors (Lipinski definition) is 1. The van der Waals surface area contributed by atoms with Gasteiger partial charge in [-0.25, -0.2) is 0 Å². The average Bonchev–Trinajstić information content (AvgIpc) is 1.98. The Morgan fingerprint density at radius 1 is 1.75 bits per heavy atom. The first-order chi connectivity index (χ1) is 3.72. The van der Waals surface area contributed by atoms with E-state index in [0.717, 1.165) is 0 Å². The minimum Gasteiger partial charge on any atom is -0.396 e. The van der Waals surface area contributed by atoms with Crippen LogP contribution in [0.15, 0.2) is 12.3 Å². The van der Waals surface area contributed by atoms with Gasteiger partial charge in [0.1, 0.15) is 5.15 Å². The fraction of sp³-hybridized carbons (Fsp3) is 0.200. The molecule has 0 atom stereocenters. The Bertz CT molecular complexity index is 173. The first-order valence-electron chi connectivity index (χ1n) is 2.28. The highest BCUT2D eigenvalue weighted by Crippen LogP contribution is 2.16. The van der Waals surface area contributed by atoms with Gasteiger partial charge in [0.05, 0.1) is 5.69 Å². The summed E-state index contributed by atoms with van der Waals surface area (Å²) in [6, 6.07) is 1.77. The predicted molar refractivity (Wildman–Crippen MR) is 34.8 cm³/mol. The lowest BCUT2D eigenvalue weighted by molar-refractivity contribution is 0.930. The minimum absolute atomic E-state index is 0.602. The first-order valence-corrected chi connectivity index (χ1v) is 2.66. The summed E-state index contributed by atoms with van der Waals surface area (Å²) in [5.41, 5.74) is 6.02. The zero-order chi connectivity index (χ0) is 6.15. The summed E-state index contributed by atoms with van der Waals surface area (Å²) >= 11 is 5.63. The molecule has 0 bridgehead atoms. The van der Waals surface area contributed by atoms with Crippen LogP contribution in [0.5, 0.6) is 0 Å². The van der Waals surface area contributed by atoms with Crippen LogP contribution in [0.4, 0.5) is 5.69 Å². The van der Waals surface area contributed by atoms with Crippen molar-refractivity contribution in [3.63, 3.8) is 0 Å². The molecule has 0 aliphatic heterocycles. The van der Waals surface area contributed by atoms with Crippen molar-refractivity contribution >= 4 is 17.3 Å². The number of nitrogens with two attached hydrogens (primary N) is 1. The Hall–Kier alpha value is -0.630. The molecule has 0 aliphatic carbocycles. The van der Waals surface area contributed by atoms with Crippen LogP contribution in [-0.2, 0) is 7.05 Å². The number of anilines is 1. The third-order valence-electron chi connectivity index (χ3n) is 1.03. The number of hydrogen-bond acceptors (Lipinski definition) is 1. The molecule has 0 radical (unpaired) electrons. The standard InChI is InChI=1S/C5H7ClN2/c1-8-3-2-4(7)5(8)6/h2-3H,7H2,1H3.